The summed E-state index contributed by atoms with van der Waals surface area (Å²) in [5.74, 6) is 1.76. The van der Waals surface area contributed by atoms with Crippen LogP contribution in [0.15, 0.2) is 36.5 Å². The van der Waals surface area contributed by atoms with Crippen LogP contribution in [0.1, 0.15) is 28.9 Å². The standard InChI is InChI=1S/C20H24N2O4/c1-14-7-8-16(13-21-14)26-15-9-11-22(12-10-15)20(23)17-5-4-6-18(24-2)19(17)25-3/h4-8,13,15H,9-12H2,1-3H3. The quantitative estimate of drug-likeness (QED) is 0.824. The van der Waals surface area contributed by atoms with Crippen LogP contribution in [0.5, 0.6) is 17.2 Å². The number of ether oxygens (including phenoxy) is 3. The first-order chi connectivity index (χ1) is 12.6. The molecule has 1 saturated heterocycles. The summed E-state index contributed by atoms with van der Waals surface area (Å²) in [4.78, 5) is 19.0. The highest BCUT2D eigenvalue weighted by Gasteiger charge is 2.27. The molecule has 6 nitrogen and oxygen atoms in total. The number of likely N-dealkylation sites (tertiary alicyclic amines) is 1. The van der Waals surface area contributed by atoms with Gasteiger partial charge in [0.1, 0.15) is 11.9 Å². The maximum Gasteiger partial charge on any atom is 0.257 e. The van der Waals surface area contributed by atoms with Crippen LogP contribution in [-0.4, -0.2) is 49.2 Å². The van der Waals surface area contributed by atoms with Gasteiger partial charge in [-0.3, -0.25) is 9.78 Å². The molecule has 1 aliphatic rings. The number of amides is 1. The van der Waals surface area contributed by atoms with Crippen LogP contribution in [0.2, 0.25) is 0 Å². The van der Waals surface area contributed by atoms with Gasteiger partial charge in [-0.1, -0.05) is 6.07 Å². The molecule has 2 aromatic rings. The number of aryl methyl sites for hydroxylation is 1. The van der Waals surface area contributed by atoms with Gasteiger partial charge in [0.25, 0.3) is 5.91 Å². The molecule has 2 heterocycles. The molecule has 26 heavy (non-hydrogen) atoms. The van der Waals surface area contributed by atoms with Crippen molar-refractivity contribution >= 4 is 5.91 Å². The van der Waals surface area contributed by atoms with Gasteiger partial charge in [0, 0.05) is 31.6 Å². The lowest BCUT2D eigenvalue weighted by Gasteiger charge is -2.32. The first-order valence-corrected chi connectivity index (χ1v) is 8.72. The Balaban J connectivity index is 1.63. The lowest BCUT2D eigenvalue weighted by Crippen LogP contribution is -2.41. The van der Waals surface area contributed by atoms with Crippen LogP contribution in [0.3, 0.4) is 0 Å². The van der Waals surface area contributed by atoms with Gasteiger partial charge in [-0.2, -0.15) is 0 Å². The van der Waals surface area contributed by atoms with Crippen LogP contribution >= 0.6 is 0 Å². The van der Waals surface area contributed by atoms with Crippen LogP contribution in [0.25, 0.3) is 0 Å². The van der Waals surface area contributed by atoms with Crippen molar-refractivity contribution in [3.8, 4) is 17.2 Å². The van der Waals surface area contributed by atoms with E-state index in [9.17, 15) is 4.79 Å². The Hall–Kier alpha value is -2.76. The van der Waals surface area contributed by atoms with Gasteiger partial charge in [-0.05, 0) is 31.2 Å². The third-order valence-corrected chi connectivity index (χ3v) is 4.55. The van der Waals surface area contributed by atoms with Crippen molar-refractivity contribution in [1.82, 2.24) is 9.88 Å². The predicted molar refractivity (Wildman–Crippen MR) is 98.1 cm³/mol. The molecule has 138 valence electrons. The fraction of sp³-hybridized carbons (Fsp3) is 0.400. The summed E-state index contributed by atoms with van der Waals surface area (Å²) in [6.07, 6.45) is 3.40. The molecule has 0 aliphatic carbocycles. The SMILES string of the molecule is COc1cccc(C(=O)N2CCC(Oc3ccc(C)nc3)CC2)c1OC. The number of carbonyl (C=O) groups excluding carboxylic acids is 1. The number of pyridine rings is 1. The third-order valence-electron chi connectivity index (χ3n) is 4.55. The summed E-state index contributed by atoms with van der Waals surface area (Å²) in [6, 6.07) is 9.22. The zero-order valence-electron chi connectivity index (χ0n) is 15.4. The van der Waals surface area contributed by atoms with Crippen molar-refractivity contribution in [3.63, 3.8) is 0 Å². The molecule has 1 aliphatic heterocycles. The number of hydrogen-bond donors (Lipinski definition) is 0. The number of piperidine rings is 1. The highest BCUT2D eigenvalue weighted by Crippen LogP contribution is 2.32. The summed E-state index contributed by atoms with van der Waals surface area (Å²) in [7, 11) is 3.11. The van der Waals surface area contributed by atoms with Crippen LogP contribution in [-0.2, 0) is 0 Å². The molecule has 0 bridgehead atoms. The molecule has 0 saturated carbocycles. The van der Waals surface area contributed by atoms with Crippen molar-refractivity contribution < 1.29 is 19.0 Å². The zero-order valence-corrected chi connectivity index (χ0v) is 15.4. The summed E-state index contributed by atoms with van der Waals surface area (Å²) < 4.78 is 16.6. The summed E-state index contributed by atoms with van der Waals surface area (Å²) in [5.41, 5.74) is 1.49. The second-order valence-electron chi connectivity index (χ2n) is 6.29. The van der Waals surface area contributed by atoms with Crippen LogP contribution in [0.4, 0.5) is 0 Å². The Morgan fingerprint density at radius 2 is 1.88 bits per heavy atom. The van der Waals surface area contributed by atoms with Gasteiger partial charge < -0.3 is 19.1 Å². The van der Waals surface area contributed by atoms with Crippen molar-refractivity contribution in [2.75, 3.05) is 27.3 Å². The summed E-state index contributed by atoms with van der Waals surface area (Å²) in [5, 5.41) is 0. The maximum atomic E-state index is 12.9. The number of methoxy groups -OCH3 is 2. The average molecular weight is 356 g/mol. The molecule has 1 fully saturated rings. The van der Waals surface area contributed by atoms with E-state index in [4.69, 9.17) is 14.2 Å². The van der Waals surface area contributed by atoms with E-state index in [1.54, 1.807) is 38.6 Å². The Morgan fingerprint density at radius 3 is 2.50 bits per heavy atom. The fourth-order valence-electron chi connectivity index (χ4n) is 3.12. The molecule has 0 N–H and O–H groups in total. The van der Waals surface area contributed by atoms with Gasteiger partial charge >= 0.3 is 0 Å². The minimum Gasteiger partial charge on any atom is -0.493 e. The first kappa shape index (κ1) is 18.0. The maximum absolute atomic E-state index is 12.9. The molecule has 0 unspecified atom stereocenters. The number of para-hydroxylation sites is 1. The second kappa shape index (κ2) is 8.08. The van der Waals surface area contributed by atoms with Crippen molar-refractivity contribution in [2.45, 2.75) is 25.9 Å². The lowest BCUT2D eigenvalue weighted by atomic mass is 10.1. The minimum atomic E-state index is -0.0452. The van der Waals surface area contributed by atoms with Gasteiger partial charge in [0.15, 0.2) is 11.5 Å². The highest BCUT2D eigenvalue weighted by atomic mass is 16.5. The molecule has 1 aromatic heterocycles. The Bertz CT molecular complexity index is 753. The van der Waals surface area contributed by atoms with E-state index in [0.717, 1.165) is 24.3 Å². The van der Waals surface area contributed by atoms with Crippen LogP contribution in [0, 0.1) is 6.92 Å². The smallest absolute Gasteiger partial charge is 0.257 e. The largest absolute Gasteiger partial charge is 0.493 e. The van der Waals surface area contributed by atoms with Gasteiger partial charge in [0.05, 0.1) is 26.0 Å². The average Bonchev–Trinajstić information content (AvgIpc) is 2.69. The molecule has 6 heteroatoms. The molecule has 0 spiro atoms. The monoisotopic (exact) mass is 356 g/mol. The van der Waals surface area contributed by atoms with Gasteiger partial charge in [-0.15, -0.1) is 0 Å². The summed E-state index contributed by atoms with van der Waals surface area (Å²) in [6.45, 7) is 3.23. The van der Waals surface area contributed by atoms with Crippen molar-refractivity contribution in [1.29, 1.82) is 0 Å². The number of benzene rings is 1. The number of carbonyl (C=O) groups is 1. The molecule has 3 rings (SSSR count). The van der Waals surface area contributed by atoms with Crippen molar-refractivity contribution in [3.05, 3.63) is 47.8 Å². The Labute approximate surface area is 153 Å². The number of hydrogen-bond acceptors (Lipinski definition) is 5. The van der Waals surface area contributed by atoms with Gasteiger partial charge in [-0.25, -0.2) is 0 Å². The fourth-order valence-corrected chi connectivity index (χ4v) is 3.12. The van der Waals surface area contributed by atoms with Crippen LogP contribution < -0.4 is 14.2 Å². The third kappa shape index (κ3) is 3.90. The zero-order chi connectivity index (χ0) is 18.5. The summed E-state index contributed by atoms with van der Waals surface area (Å²) >= 11 is 0. The molecule has 1 aromatic carbocycles. The van der Waals surface area contributed by atoms with E-state index in [2.05, 4.69) is 4.98 Å². The normalized spacial score (nSPS) is 14.8. The van der Waals surface area contributed by atoms with E-state index in [0.29, 0.717) is 30.2 Å². The van der Waals surface area contributed by atoms with E-state index < -0.39 is 0 Å². The van der Waals surface area contributed by atoms with E-state index in [-0.39, 0.29) is 12.0 Å². The van der Waals surface area contributed by atoms with E-state index in [1.807, 2.05) is 24.0 Å². The minimum absolute atomic E-state index is 0.0452. The second-order valence-corrected chi connectivity index (χ2v) is 6.29. The highest BCUT2D eigenvalue weighted by molar-refractivity contribution is 5.97. The molecule has 0 atom stereocenters. The van der Waals surface area contributed by atoms with E-state index in [1.165, 1.54) is 0 Å². The molecule has 0 radical (unpaired) electrons. The predicted octanol–water partition coefficient (Wildman–Crippen LogP) is 3.09. The Kier molecular flexibility index (Phi) is 5.61. The number of aromatic nitrogens is 1. The van der Waals surface area contributed by atoms with E-state index >= 15 is 0 Å². The molecule has 1 amide bonds. The van der Waals surface area contributed by atoms with Gasteiger partial charge in [0.2, 0.25) is 0 Å². The lowest BCUT2D eigenvalue weighted by molar-refractivity contribution is 0.0591. The number of rotatable bonds is 5. The van der Waals surface area contributed by atoms with Crippen molar-refractivity contribution in [2.24, 2.45) is 0 Å². The topological polar surface area (TPSA) is 60.9 Å². The molecular weight excluding hydrogens is 332 g/mol. The first-order valence-electron chi connectivity index (χ1n) is 8.72. The number of nitrogens with zero attached hydrogens (tertiary/aromatic N) is 2. The molecular formula is C20H24N2O4. The Morgan fingerprint density at radius 1 is 1.12 bits per heavy atom.